The predicted molar refractivity (Wildman–Crippen MR) is 144 cm³/mol. The van der Waals surface area contributed by atoms with Crippen LogP contribution in [-0.2, 0) is 22.7 Å². The molecule has 10 heteroatoms. The minimum absolute atomic E-state index is 0.0571. The van der Waals surface area contributed by atoms with Crippen LogP contribution in [0.5, 0.6) is 17.2 Å². The van der Waals surface area contributed by atoms with Crippen molar-refractivity contribution in [1.29, 1.82) is 0 Å². The molecule has 3 aromatic carbocycles. The summed E-state index contributed by atoms with van der Waals surface area (Å²) in [6.45, 7) is -0.133. The van der Waals surface area contributed by atoms with Gasteiger partial charge in [-0.1, -0.05) is 36.4 Å². The number of carbonyl (C=O) groups is 3. The molecule has 206 valence electrons. The van der Waals surface area contributed by atoms with Crippen molar-refractivity contribution in [2.75, 3.05) is 21.3 Å². The van der Waals surface area contributed by atoms with Gasteiger partial charge in [-0.3, -0.25) is 14.4 Å². The van der Waals surface area contributed by atoms with E-state index in [0.29, 0.717) is 28.4 Å². The Hall–Kier alpha value is -4.57. The lowest BCUT2D eigenvalue weighted by atomic mass is 10.0. The predicted octanol–water partition coefficient (Wildman–Crippen LogP) is 3.23. The molecule has 0 heterocycles. The zero-order valence-electron chi connectivity index (χ0n) is 22.0. The maximum absolute atomic E-state index is 13.8. The third kappa shape index (κ3) is 7.05. The molecule has 0 fully saturated rings. The average molecular weight is 537 g/mol. The highest BCUT2D eigenvalue weighted by Crippen LogP contribution is 2.38. The van der Waals surface area contributed by atoms with Gasteiger partial charge in [-0.2, -0.15) is 0 Å². The van der Waals surface area contributed by atoms with Crippen LogP contribution in [0.25, 0.3) is 11.1 Å². The van der Waals surface area contributed by atoms with Crippen LogP contribution < -0.4 is 19.9 Å². The van der Waals surface area contributed by atoms with Gasteiger partial charge in [0, 0.05) is 18.5 Å². The highest BCUT2D eigenvalue weighted by molar-refractivity contribution is 5.97. The number of carbonyl (C=O) groups excluding carboxylic acids is 2. The van der Waals surface area contributed by atoms with Crippen molar-refractivity contribution in [3.63, 3.8) is 0 Å². The molecule has 2 amide bonds. The number of hydrogen-bond acceptors (Lipinski definition) is 7. The molecular weight excluding hydrogens is 504 g/mol. The standard InChI is InChI=1S/C29H32N2O8/c1-37-24-14-19(15-25(38-2)27(24)39-3)16-31(23(28(30)35)12-13-26(33)34)29(36)22-10-8-21(9-11-22)20-6-4-18(17-32)5-7-20/h4-11,14-15,23,32H,12-13,16-17H2,1-3H3,(H2,30,35)(H,33,34)/t23-/m0/s1. The third-order valence-electron chi connectivity index (χ3n) is 6.28. The first-order chi connectivity index (χ1) is 18.7. The summed E-state index contributed by atoms with van der Waals surface area (Å²) in [5, 5.41) is 18.5. The number of amides is 2. The molecule has 4 N–H and O–H groups in total. The topological polar surface area (TPSA) is 149 Å². The smallest absolute Gasteiger partial charge is 0.303 e. The zero-order valence-corrected chi connectivity index (χ0v) is 22.0. The fourth-order valence-corrected chi connectivity index (χ4v) is 4.23. The van der Waals surface area contributed by atoms with Crippen LogP contribution in [0.15, 0.2) is 60.7 Å². The van der Waals surface area contributed by atoms with Gasteiger partial charge in [0.05, 0.1) is 27.9 Å². The van der Waals surface area contributed by atoms with E-state index < -0.39 is 23.8 Å². The van der Waals surface area contributed by atoms with Crippen molar-refractivity contribution in [2.24, 2.45) is 5.73 Å². The first kappa shape index (κ1) is 29.0. The zero-order chi connectivity index (χ0) is 28.5. The Balaban J connectivity index is 2.00. The lowest BCUT2D eigenvalue weighted by molar-refractivity contribution is -0.137. The number of nitrogens with zero attached hydrogens (tertiary/aromatic N) is 1. The average Bonchev–Trinajstić information content (AvgIpc) is 2.95. The van der Waals surface area contributed by atoms with E-state index in [4.69, 9.17) is 19.9 Å². The van der Waals surface area contributed by atoms with E-state index in [0.717, 1.165) is 16.7 Å². The summed E-state index contributed by atoms with van der Waals surface area (Å²) in [6, 6.07) is 16.3. The van der Waals surface area contributed by atoms with E-state index in [1.807, 2.05) is 24.3 Å². The summed E-state index contributed by atoms with van der Waals surface area (Å²) < 4.78 is 16.2. The number of aliphatic hydroxyl groups excluding tert-OH is 1. The summed E-state index contributed by atoms with van der Waals surface area (Å²) in [7, 11) is 4.39. The van der Waals surface area contributed by atoms with Crippen molar-refractivity contribution < 1.29 is 38.8 Å². The van der Waals surface area contributed by atoms with Crippen LogP contribution >= 0.6 is 0 Å². The van der Waals surface area contributed by atoms with Gasteiger partial charge in [-0.15, -0.1) is 0 Å². The molecule has 0 aliphatic carbocycles. The van der Waals surface area contributed by atoms with Crippen LogP contribution in [0.3, 0.4) is 0 Å². The number of hydrogen-bond donors (Lipinski definition) is 3. The largest absolute Gasteiger partial charge is 0.493 e. The summed E-state index contributed by atoms with van der Waals surface area (Å²) in [5.74, 6) is -1.36. The Kier molecular flexibility index (Phi) is 9.88. The van der Waals surface area contributed by atoms with Crippen LogP contribution in [0.1, 0.15) is 34.3 Å². The Morgan fingerprint density at radius 1 is 0.846 bits per heavy atom. The second-order valence-electron chi connectivity index (χ2n) is 8.75. The normalized spacial score (nSPS) is 11.4. The van der Waals surface area contributed by atoms with Crippen molar-refractivity contribution in [2.45, 2.75) is 32.0 Å². The number of benzene rings is 3. The Morgan fingerprint density at radius 3 is 1.82 bits per heavy atom. The molecule has 0 bridgehead atoms. The number of ether oxygens (including phenoxy) is 3. The number of methoxy groups -OCH3 is 3. The lowest BCUT2D eigenvalue weighted by Crippen LogP contribution is -2.47. The fraction of sp³-hybridized carbons (Fsp3) is 0.276. The van der Waals surface area contributed by atoms with E-state index in [1.54, 1.807) is 36.4 Å². The Bertz CT molecular complexity index is 1280. The summed E-state index contributed by atoms with van der Waals surface area (Å²) in [5.41, 5.74) is 9.04. The van der Waals surface area contributed by atoms with Gasteiger partial charge in [0.2, 0.25) is 11.7 Å². The van der Waals surface area contributed by atoms with Crippen molar-refractivity contribution in [1.82, 2.24) is 4.90 Å². The first-order valence-electron chi connectivity index (χ1n) is 12.1. The van der Waals surface area contributed by atoms with Gasteiger partial charge in [-0.25, -0.2) is 0 Å². The number of rotatable bonds is 13. The fourth-order valence-electron chi connectivity index (χ4n) is 4.23. The van der Waals surface area contributed by atoms with Crippen molar-refractivity contribution in [3.05, 3.63) is 77.4 Å². The Morgan fingerprint density at radius 2 is 1.38 bits per heavy atom. The van der Waals surface area contributed by atoms with Gasteiger partial charge in [0.15, 0.2) is 11.5 Å². The van der Waals surface area contributed by atoms with Gasteiger partial charge in [-0.05, 0) is 52.9 Å². The number of primary amides is 1. The van der Waals surface area contributed by atoms with Crippen LogP contribution in [0.4, 0.5) is 0 Å². The molecule has 3 rings (SSSR count). The number of aliphatic hydroxyl groups is 1. The van der Waals surface area contributed by atoms with Crippen LogP contribution in [0, 0.1) is 0 Å². The highest BCUT2D eigenvalue weighted by Gasteiger charge is 2.30. The second kappa shape index (κ2) is 13.3. The van der Waals surface area contributed by atoms with Gasteiger partial charge in [0.1, 0.15) is 6.04 Å². The summed E-state index contributed by atoms with van der Waals surface area (Å²) >= 11 is 0. The van der Waals surface area contributed by atoms with Crippen LogP contribution in [-0.4, -0.2) is 60.3 Å². The van der Waals surface area contributed by atoms with Gasteiger partial charge < -0.3 is 35.1 Å². The van der Waals surface area contributed by atoms with E-state index in [-0.39, 0.29) is 26.0 Å². The third-order valence-corrected chi connectivity index (χ3v) is 6.28. The van der Waals surface area contributed by atoms with E-state index in [9.17, 15) is 24.6 Å². The molecule has 10 nitrogen and oxygen atoms in total. The molecule has 0 aliphatic rings. The monoisotopic (exact) mass is 536 g/mol. The lowest BCUT2D eigenvalue weighted by Gasteiger charge is -2.30. The number of nitrogens with two attached hydrogens (primary N) is 1. The minimum atomic E-state index is -1.18. The molecule has 3 aromatic rings. The molecule has 0 radical (unpaired) electrons. The van der Waals surface area contributed by atoms with Crippen LogP contribution in [0.2, 0.25) is 0 Å². The quantitative estimate of drug-likeness (QED) is 0.302. The molecule has 0 aliphatic heterocycles. The molecule has 0 spiro atoms. The number of carboxylic acid groups (broad SMARTS) is 1. The number of aliphatic carboxylic acids is 1. The highest BCUT2D eigenvalue weighted by atomic mass is 16.5. The molecule has 0 saturated carbocycles. The molecule has 0 saturated heterocycles. The first-order valence-corrected chi connectivity index (χ1v) is 12.1. The molecule has 0 aromatic heterocycles. The second-order valence-corrected chi connectivity index (χ2v) is 8.75. The SMILES string of the molecule is COc1cc(CN(C(=O)c2ccc(-c3ccc(CO)cc3)cc2)[C@@H](CCC(=O)O)C(N)=O)cc(OC)c1OC. The van der Waals surface area contributed by atoms with E-state index in [2.05, 4.69) is 0 Å². The van der Waals surface area contributed by atoms with E-state index >= 15 is 0 Å². The van der Waals surface area contributed by atoms with Gasteiger partial charge >= 0.3 is 5.97 Å². The Labute approximate surface area is 226 Å². The molecular formula is C29H32N2O8. The summed E-state index contributed by atoms with van der Waals surface area (Å²) in [4.78, 5) is 38.8. The minimum Gasteiger partial charge on any atom is -0.493 e. The maximum atomic E-state index is 13.8. The van der Waals surface area contributed by atoms with Crippen molar-refractivity contribution in [3.8, 4) is 28.4 Å². The molecule has 0 unspecified atom stereocenters. The maximum Gasteiger partial charge on any atom is 0.303 e. The van der Waals surface area contributed by atoms with E-state index in [1.165, 1.54) is 26.2 Å². The molecule has 39 heavy (non-hydrogen) atoms. The molecule has 1 atom stereocenters. The van der Waals surface area contributed by atoms with Crippen molar-refractivity contribution >= 4 is 17.8 Å². The summed E-state index contributed by atoms with van der Waals surface area (Å²) in [6.07, 6.45) is -0.508. The van der Waals surface area contributed by atoms with Gasteiger partial charge in [0.25, 0.3) is 5.91 Å². The number of carboxylic acids is 1.